The molecule has 1 atom stereocenters. The van der Waals surface area contributed by atoms with Gasteiger partial charge in [0.15, 0.2) is 0 Å². The third-order valence-electron chi connectivity index (χ3n) is 13.3. The van der Waals surface area contributed by atoms with Crippen molar-refractivity contribution < 1.29 is 54.9 Å². The van der Waals surface area contributed by atoms with Crippen LogP contribution in [0.1, 0.15) is 84.2 Å². The molecule has 0 heterocycles. The van der Waals surface area contributed by atoms with Crippen molar-refractivity contribution in [3.05, 3.63) is 211 Å². The van der Waals surface area contributed by atoms with Crippen LogP contribution in [0.4, 0.5) is 26.3 Å². The van der Waals surface area contributed by atoms with Gasteiger partial charge in [0.25, 0.3) is 5.78 Å². The number of unbranched alkanes of at least 4 members (excludes halogenated alkanes) is 2. The SMILES string of the molecule is C=C(Cc1ccc(OCCN(C)CC(c2ccc(Cl)cc2)c2ccc(Cl)cc2)cc1)C(=O)C(F)(F)F.CCOC(=O)CCCCCC(Cc1ccc(OCCN(C)CC(c2ccc(Cl)cc2)c2ccc(Cl)cc2)cc1)C(=O)C(F)(F)F. The second-order valence-corrected chi connectivity index (χ2v) is 21.3. The Morgan fingerprint density at radius 3 is 1.27 bits per heavy atom. The first-order valence-electron chi connectivity index (χ1n) is 26.4. The molecule has 0 fully saturated rings. The number of esters is 1. The lowest BCUT2D eigenvalue weighted by molar-refractivity contribution is -0.175. The molecule has 18 heteroatoms. The highest BCUT2D eigenvalue weighted by molar-refractivity contribution is 6.31. The monoisotopic (exact) mass is 1200 g/mol. The zero-order chi connectivity index (χ0) is 59.1. The summed E-state index contributed by atoms with van der Waals surface area (Å²) < 4.78 is 94.1. The summed E-state index contributed by atoms with van der Waals surface area (Å²) in [5.74, 6) is -3.74. The van der Waals surface area contributed by atoms with E-state index in [1.165, 1.54) is 0 Å². The van der Waals surface area contributed by atoms with Crippen molar-refractivity contribution in [1.82, 2.24) is 9.80 Å². The molecule has 0 bridgehead atoms. The van der Waals surface area contributed by atoms with Gasteiger partial charge in [-0.3, -0.25) is 14.4 Å². The fraction of sp³-hybridized carbons (Fsp3) is 0.349. The van der Waals surface area contributed by atoms with Crippen LogP contribution in [0.3, 0.4) is 0 Å². The number of benzene rings is 6. The number of allylic oxidation sites excluding steroid dienone is 1. The van der Waals surface area contributed by atoms with Crippen LogP contribution in [0, 0.1) is 5.92 Å². The number of carbonyl (C=O) groups is 3. The quantitative estimate of drug-likeness (QED) is 0.0199. The fourth-order valence-electron chi connectivity index (χ4n) is 8.90. The summed E-state index contributed by atoms with van der Waals surface area (Å²) in [6.45, 7) is 8.84. The lowest BCUT2D eigenvalue weighted by Crippen LogP contribution is -2.31. The first-order chi connectivity index (χ1) is 38.5. The Morgan fingerprint density at radius 2 is 0.914 bits per heavy atom. The van der Waals surface area contributed by atoms with E-state index in [1.54, 1.807) is 55.5 Å². The minimum atomic E-state index is -4.91. The van der Waals surface area contributed by atoms with Gasteiger partial charge in [0.05, 0.1) is 6.61 Å². The molecule has 434 valence electrons. The van der Waals surface area contributed by atoms with Gasteiger partial charge in [0.1, 0.15) is 24.7 Å². The number of hydrogen-bond acceptors (Lipinski definition) is 8. The molecule has 6 aromatic carbocycles. The van der Waals surface area contributed by atoms with E-state index >= 15 is 0 Å². The molecule has 6 rings (SSSR count). The van der Waals surface area contributed by atoms with Crippen molar-refractivity contribution in [1.29, 1.82) is 0 Å². The minimum absolute atomic E-state index is 0.0178. The van der Waals surface area contributed by atoms with Gasteiger partial charge in [0.2, 0.25) is 5.78 Å². The molecule has 0 spiro atoms. The second kappa shape index (κ2) is 32.7. The maximum Gasteiger partial charge on any atom is 0.454 e. The molecule has 1 unspecified atom stereocenters. The number of hydrogen-bond donors (Lipinski definition) is 0. The Morgan fingerprint density at radius 1 is 0.531 bits per heavy atom. The molecule has 8 nitrogen and oxygen atoms in total. The van der Waals surface area contributed by atoms with Gasteiger partial charge < -0.3 is 24.0 Å². The summed E-state index contributed by atoms with van der Waals surface area (Å²) in [5.41, 5.74) is 5.21. The first-order valence-corrected chi connectivity index (χ1v) is 27.9. The summed E-state index contributed by atoms with van der Waals surface area (Å²) >= 11 is 24.4. The van der Waals surface area contributed by atoms with Crippen LogP contribution in [0.2, 0.25) is 20.1 Å². The average Bonchev–Trinajstić information content (AvgIpc) is 3.48. The van der Waals surface area contributed by atoms with Crippen LogP contribution < -0.4 is 9.47 Å². The van der Waals surface area contributed by atoms with Crippen LogP contribution >= 0.6 is 46.4 Å². The Kier molecular flexibility index (Phi) is 26.6. The minimum Gasteiger partial charge on any atom is -0.492 e. The van der Waals surface area contributed by atoms with Crippen molar-refractivity contribution in [2.75, 3.05) is 60.1 Å². The Bertz CT molecular complexity index is 2800. The van der Waals surface area contributed by atoms with Crippen LogP contribution in [0.25, 0.3) is 0 Å². The molecule has 6 aromatic rings. The molecule has 0 aliphatic heterocycles. The summed E-state index contributed by atoms with van der Waals surface area (Å²) in [6, 6.07) is 44.6. The molecule has 0 radical (unpaired) electrons. The van der Waals surface area contributed by atoms with E-state index in [0.29, 0.717) is 94.9 Å². The van der Waals surface area contributed by atoms with Crippen LogP contribution in [0.5, 0.6) is 11.5 Å². The highest BCUT2D eigenvalue weighted by Crippen LogP contribution is 2.32. The predicted molar refractivity (Wildman–Crippen MR) is 310 cm³/mol. The van der Waals surface area contributed by atoms with Crippen LogP contribution in [-0.2, 0) is 32.0 Å². The van der Waals surface area contributed by atoms with E-state index in [0.717, 1.165) is 35.3 Å². The van der Waals surface area contributed by atoms with Crippen molar-refractivity contribution in [3.8, 4) is 11.5 Å². The van der Waals surface area contributed by atoms with E-state index < -0.39 is 35.4 Å². The Balaban J connectivity index is 0.000000305. The normalized spacial score (nSPS) is 12.1. The van der Waals surface area contributed by atoms with Gasteiger partial charge in [-0.1, -0.05) is 139 Å². The highest BCUT2D eigenvalue weighted by Gasteiger charge is 2.43. The maximum atomic E-state index is 13.3. The van der Waals surface area contributed by atoms with E-state index in [4.69, 9.17) is 60.6 Å². The molecule has 0 N–H and O–H groups in total. The summed E-state index contributed by atoms with van der Waals surface area (Å²) in [7, 11) is 4.02. The van der Waals surface area contributed by atoms with Crippen LogP contribution in [-0.4, -0.2) is 99.8 Å². The van der Waals surface area contributed by atoms with Gasteiger partial charge in [-0.2, -0.15) is 26.3 Å². The number of alkyl halides is 6. The molecule has 0 saturated carbocycles. The smallest absolute Gasteiger partial charge is 0.454 e. The molecule has 0 saturated heterocycles. The summed E-state index contributed by atoms with van der Waals surface area (Å²) in [6.07, 6.45) is -8.21. The number of rotatable bonds is 29. The average molecular weight is 1200 g/mol. The third-order valence-corrected chi connectivity index (χ3v) is 14.3. The Hall–Kier alpha value is -5.87. The number of nitrogens with zero attached hydrogens (tertiary/aromatic N) is 2. The zero-order valence-electron chi connectivity index (χ0n) is 45.3. The van der Waals surface area contributed by atoms with E-state index in [9.17, 15) is 40.7 Å². The van der Waals surface area contributed by atoms with Crippen molar-refractivity contribution in [2.45, 2.75) is 76.1 Å². The lowest BCUT2D eigenvalue weighted by Gasteiger charge is -2.25. The number of likely N-dealkylation sites (N-methyl/N-ethyl adjacent to an activating group) is 2. The number of ether oxygens (including phenoxy) is 3. The number of carbonyl (C=O) groups excluding carboxylic acids is 3. The molecule has 0 amide bonds. The van der Waals surface area contributed by atoms with Gasteiger partial charge in [-0.25, -0.2) is 0 Å². The van der Waals surface area contributed by atoms with Gasteiger partial charge in [0, 0.05) is 82.4 Å². The number of ketones is 2. The molecule has 0 aromatic heterocycles. The standard InChI is InChI=1S/C35H40Cl2F3NO4.C28H26Cl2F3NO2/c1-3-44-33(42)8-6-4-5-7-28(34(43)35(38,39)40)23-25-9-19-31(20-10-25)45-22-21-41(2)24-32(26-11-15-29(36)16-12-26)27-13-17-30(37)18-14-27;1-19(27(35)28(31,32)33)17-20-3-13-25(14-4-20)36-16-15-34(2)18-26(21-5-9-23(29)10-6-21)22-7-11-24(30)12-8-22/h9-20,28,32H,3-8,21-24H2,1-2H3;3-14,26H,1,15-18H2,2H3. The van der Waals surface area contributed by atoms with Gasteiger partial charge in [-0.15, -0.1) is 0 Å². The van der Waals surface area contributed by atoms with Crippen molar-refractivity contribution in [2.24, 2.45) is 5.92 Å². The number of Topliss-reactive ketones (excluding diaryl/α,β-unsaturated/α-hetero) is 2. The predicted octanol–water partition coefficient (Wildman–Crippen LogP) is 16.3. The largest absolute Gasteiger partial charge is 0.492 e. The lowest BCUT2D eigenvalue weighted by atomic mass is 9.89. The summed E-state index contributed by atoms with van der Waals surface area (Å²) in [5, 5.41) is 2.70. The molecule has 0 aliphatic carbocycles. The van der Waals surface area contributed by atoms with Crippen molar-refractivity contribution in [3.63, 3.8) is 0 Å². The number of halogens is 10. The van der Waals surface area contributed by atoms with E-state index in [1.807, 2.05) is 111 Å². The molecule has 0 aliphatic rings. The maximum absolute atomic E-state index is 13.3. The van der Waals surface area contributed by atoms with E-state index in [-0.39, 0.29) is 43.5 Å². The highest BCUT2D eigenvalue weighted by atomic mass is 35.5. The van der Waals surface area contributed by atoms with Gasteiger partial charge in [-0.05, 0) is 146 Å². The molecular formula is C63H66Cl4F6N2O6. The zero-order valence-corrected chi connectivity index (χ0v) is 48.3. The fourth-order valence-corrected chi connectivity index (χ4v) is 9.40. The van der Waals surface area contributed by atoms with Crippen LogP contribution in [0.15, 0.2) is 158 Å². The van der Waals surface area contributed by atoms with E-state index in [2.05, 4.69) is 16.4 Å². The topological polar surface area (TPSA) is 85.4 Å². The van der Waals surface area contributed by atoms with Crippen molar-refractivity contribution >= 4 is 63.9 Å². The van der Waals surface area contributed by atoms with Gasteiger partial charge >= 0.3 is 18.3 Å². The summed E-state index contributed by atoms with van der Waals surface area (Å²) in [4.78, 5) is 39.2. The second-order valence-electron chi connectivity index (χ2n) is 19.6. The molecule has 81 heavy (non-hydrogen) atoms. The third kappa shape index (κ3) is 23.1. The first kappa shape index (κ1) is 65.9. The molecular weight excluding hydrogens is 1140 g/mol. The Labute approximate surface area is 490 Å².